The largest absolute Gasteiger partial charge is 0.465 e. The average Bonchev–Trinajstić information content (AvgIpc) is 3.76. The van der Waals surface area contributed by atoms with Crippen LogP contribution in [0.4, 0.5) is 13.2 Å². The molecule has 3 aliphatic carbocycles. The molecule has 0 aromatic heterocycles. The highest BCUT2D eigenvalue weighted by Crippen LogP contribution is 2.60. The molecular formula is C41H49F3O6. The Morgan fingerprint density at radius 3 is 2.00 bits per heavy atom. The van der Waals surface area contributed by atoms with Crippen molar-refractivity contribution >= 4 is 39.5 Å². The first-order valence-electron chi connectivity index (χ1n) is 18.0. The van der Waals surface area contributed by atoms with Gasteiger partial charge in [-0.05, 0) is 143 Å². The van der Waals surface area contributed by atoms with Crippen LogP contribution in [-0.4, -0.2) is 36.8 Å². The Morgan fingerprint density at radius 1 is 0.740 bits per heavy atom. The Labute approximate surface area is 292 Å². The van der Waals surface area contributed by atoms with Gasteiger partial charge in [0.2, 0.25) is 0 Å². The number of benzene rings is 3. The highest BCUT2D eigenvalue weighted by molar-refractivity contribution is 5.99. The molecule has 3 aliphatic rings. The van der Waals surface area contributed by atoms with Crippen molar-refractivity contribution < 1.29 is 41.8 Å². The van der Waals surface area contributed by atoms with E-state index in [1.165, 1.54) is 12.8 Å². The molecule has 0 spiro atoms. The fraction of sp³-hybridized carbons (Fsp3) is 0.585. The third kappa shape index (κ3) is 7.24. The summed E-state index contributed by atoms with van der Waals surface area (Å²) in [6.07, 6.45) is 0.614. The Morgan fingerprint density at radius 2 is 1.34 bits per heavy atom. The standard InChI is InChI=1S/C41H49F3O6/c1-24(41(42,43)44)21-48-35(45)38(2,3)22-40(6,37(47)50-34-20-29-19-33(34)32-13-9-12-31(29)32)23-39(4,5)36(46)49-30-15-14-27-16-25-10-7-8-11-26(25)17-28(27)18-30/h7-8,10-11,14-18,24,29,31-34H,9,12-13,19-23H2,1-6H3. The topological polar surface area (TPSA) is 78.9 Å². The Bertz CT molecular complexity index is 1780. The van der Waals surface area contributed by atoms with Crippen LogP contribution in [0.15, 0.2) is 54.6 Å². The van der Waals surface area contributed by atoms with E-state index >= 15 is 0 Å². The molecular weight excluding hydrogens is 645 g/mol. The van der Waals surface area contributed by atoms with Gasteiger partial charge in [-0.1, -0.05) is 43.7 Å². The summed E-state index contributed by atoms with van der Waals surface area (Å²) < 4.78 is 56.9. The molecule has 3 fully saturated rings. The van der Waals surface area contributed by atoms with Gasteiger partial charge in [0, 0.05) is 0 Å². The fourth-order valence-electron chi connectivity index (χ4n) is 9.44. The number of hydrogen-bond donors (Lipinski definition) is 0. The van der Waals surface area contributed by atoms with Crippen molar-refractivity contribution in [1.82, 2.24) is 0 Å². The van der Waals surface area contributed by atoms with Crippen molar-refractivity contribution in [3.05, 3.63) is 54.6 Å². The Kier molecular flexibility index (Phi) is 9.53. The summed E-state index contributed by atoms with van der Waals surface area (Å²) >= 11 is 0. The molecule has 6 nitrogen and oxygen atoms in total. The minimum absolute atomic E-state index is 0.0155. The molecule has 7 atom stereocenters. The number of esters is 3. The normalized spacial score (nSPS) is 25.3. The summed E-state index contributed by atoms with van der Waals surface area (Å²) in [6.45, 7) is 8.34. The SMILES string of the molecule is CC(COC(=O)C(C)(C)CC(C)(CC(C)(C)C(=O)Oc1ccc2cc3ccccc3cc2c1)C(=O)OC1CC2CC1C1CCCC21)C(F)(F)F. The second-order valence-corrected chi connectivity index (χ2v) is 16.9. The second-order valence-electron chi connectivity index (χ2n) is 16.9. The first-order valence-corrected chi connectivity index (χ1v) is 18.0. The van der Waals surface area contributed by atoms with Crippen LogP contribution in [0, 0.1) is 45.8 Å². The maximum absolute atomic E-state index is 14.3. The van der Waals surface area contributed by atoms with Gasteiger partial charge in [0.15, 0.2) is 0 Å². The molecule has 6 rings (SSSR count). The van der Waals surface area contributed by atoms with E-state index in [0.29, 0.717) is 29.4 Å². The maximum Gasteiger partial charge on any atom is 0.394 e. The minimum Gasteiger partial charge on any atom is -0.465 e. The van der Waals surface area contributed by atoms with Gasteiger partial charge in [0.1, 0.15) is 18.5 Å². The summed E-state index contributed by atoms with van der Waals surface area (Å²) in [5.41, 5.74) is -3.92. The molecule has 7 unspecified atom stereocenters. The third-order valence-electron chi connectivity index (χ3n) is 11.8. The van der Waals surface area contributed by atoms with Gasteiger partial charge in [-0.15, -0.1) is 0 Å². The number of halogens is 3. The number of ether oxygens (including phenoxy) is 3. The van der Waals surface area contributed by atoms with E-state index in [1.54, 1.807) is 40.7 Å². The molecule has 0 radical (unpaired) electrons. The molecule has 0 saturated heterocycles. The molecule has 9 heteroatoms. The highest BCUT2D eigenvalue weighted by atomic mass is 19.4. The van der Waals surface area contributed by atoms with Crippen molar-refractivity contribution in [3.8, 4) is 5.75 Å². The van der Waals surface area contributed by atoms with E-state index in [9.17, 15) is 27.6 Å². The molecule has 3 aromatic rings. The molecule has 0 aliphatic heterocycles. The van der Waals surface area contributed by atoms with E-state index in [4.69, 9.17) is 14.2 Å². The van der Waals surface area contributed by atoms with Gasteiger partial charge in [-0.3, -0.25) is 14.4 Å². The zero-order valence-electron chi connectivity index (χ0n) is 29.9. The van der Waals surface area contributed by atoms with Crippen LogP contribution in [-0.2, 0) is 23.9 Å². The van der Waals surface area contributed by atoms with Crippen LogP contribution in [0.3, 0.4) is 0 Å². The number of alkyl halides is 3. The van der Waals surface area contributed by atoms with Gasteiger partial charge in [-0.2, -0.15) is 13.2 Å². The third-order valence-corrected chi connectivity index (χ3v) is 11.8. The molecule has 0 heterocycles. The molecule has 3 saturated carbocycles. The van der Waals surface area contributed by atoms with Crippen molar-refractivity contribution in [1.29, 1.82) is 0 Å². The van der Waals surface area contributed by atoms with Crippen LogP contribution in [0.2, 0.25) is 0 Å². The zero-order valence-corrected chi connectivity index (χ0v) is 29.9. The van der Waals surface area contributed by atoms with Crippen molar-refractivity contribution in [3.63, 3.8) is 0 Å². The van der Waals surface area contributed by atoms with E-state index in [1.807, 2.05) is 42.5 Å². The second kappa shape index (κ2) is 13.2. The lowest BCUT2D eigenvalue weighted by atomic mass is 9.66. The average molecular weight is 695 g/mol. The van der Waals surface area contributed by atoms with E-state index < -0.39 is 52.9 Å². The quantitative estimate of drug-likeness (QED) is 0.113. The van der Waals surface area contributed by atoms with Gasteiger partial charge >= 0.3 is 24.1 Å². The maximum atomic E-state index is 14.3. The molecule has 3 aromatic carbocycles. The molecule has 0 N–H and O–H groups in total. The predicted octanol–water partition coefficient (Wildman–Crippen LogP) is 9.85. The first-order chi connectivity index (χ1) is 23.4. The highest BCUT2D eigenvalue weighted by Gasteiger charge is 2.57. The fourth-order valence-corrected chi connectivity index (χ4v) is 9.44. The van der Waals surface area contributed by atoms with Gasteiger partial charge in [0.05, 0.1) is 22.2 Å². The summed E-state index contributed by atoms with van der Waals surface area (Å²) in [4.78, 5) is 41.4. The molecule has 270 valence electrons. The first kappa shape index (κ1) is 36.2. The Hall–Kier alpha value is -3.62. The van der Waals surface area contributed by atoms with Crippen molar-refractivity contribution in [2.45, 2.75) is 98.8 Å². The van der Waals surface area contributed by atoms with Crippen molar-refractivity contribution in [2.24, 2.45) is 45.8 Å². The van der Waals surface area contributed by atoms with Crippen LogP contribution in [0.25, 0.3) is 21.5 Å². The summed E-state index contributed by atoms with van der Waals surface area (Å²) in [5.74, 6) is -1.25. The van der Waals surface area contributed by atoms with E-state index in [0.717, 1.165) is 47.7 Å². The van der Waals surface area contributed by atoms with Gasteiger partial charge in [0.25, 0.3) is 0 Å². The summed E-state index contributed by atoms with van der Waals surface area (Å²) in [7, 11) is 0. The zero-order chi connectivity index (χ0) is 36.2. The lowest BCUT2D eigenvalue weighted by Gasteiger charge is -2.40. The number of hydrogen-bond acceptors (Lipinski definition) is 6. The minimum atomic E-state index is -4.51. The van der Waals surface area contributed by atoms with Crippen LogP contribution >= 0.6 is 0 Å². The monoisotopic (exact) mass is 694 g/mol. The van der Waals surface area contributed by atoms with Gasteiger partial charge in [-0.25, -0.2) is 0 Å². The van der Waals surface area contributed by atoms with Crippen molar-refractivity contribution in [2.75, 3.05) is 6.61 Å². The Balaban J connectivity index is 1.21. The number of carbonyl (C=O) groups is 3. The number of fused-ring (bicyclic) bond motifs is 7. The molecule has 0 amide bonds. The molecule has 2 bridgehead atoms. The van der Waals surface area contributed by atoms with Crippen LogP contribution < -0.4 is 4.74 Å². The number of carbonyl (C=O) groups excluding carboxylic acids is 3. The lowest BCUT2D eigenvalue weighted by molar-refractivity contribution is -0.190. The smallest absolute Gasteiger partial charge is 0.394 e. The summed E-state index contributed by atoms with van der Waals surface area (Å²) in [5, 5.41) is 4.08. The molecule has 50 heavy (non-hydrogen) atoms. The van der Waals surface area contributed by atoms with Crippen LogP contribution in [0.5, 0.6) is 5.75 Å². The summed E-state index contributed by atoms with van der Waals surface area (Å²) in [6, 6.07) is 17.6. The number of rotatable bonds is 11. The van der Waals surface area contributed by atoms with E-state index in [2.05, 4.69) is 6.07 Å². The van der Waals surface area contributed by atoms with E-state index in [-0.39, 0.29) is 18.9 Å². The van der Waals surface area contributed by atoms with Crippen LogP contribution in [0.1, 0.15) is 86.5 Å². The lowest BCUT2D eigenvalue weighted by Crippen LogP contribution is -2.46. The van der Waals surface area contributed by atoms with Gasteiger partial charge < -0.3 is 14.2 Å². The predicted molar refractivity (Wildman–Crippen MR) is 185 cm³/mol.